The maximum atomic E-state index is 8.52. The standard InChI is InChI=1S/C10H19N3O2/c1-12(3-5-15-6-4-14)8-10-7-11-13(2)9-10/h7,9,14H,3-6,8H2,1-2H3. The molecule has 0 aliphatic heterocycles. The normalized spacial score (nSPS) is 11.2. The summed E-state index contributed by atoms with van der Waals surface area (Å²) in [4.78, 5) is 2.16. The molecule has 0 unspecified atom stereocenters. The van der Waals surface area contributed by atoms with Crippen molar-refractivity contribution in [3.63, 3.8) is 0 Å². The molecule has 0 bridgehead atoms. The van der Waals surface area contributed by atoms with Gasteiger partial charge in [-0.25, -0.2) is 0 Å². The first-order valence-corrected chi connectivity index (χ1v) is 5.07. The molecule has 0 saturated heterocycles. The number of aliphatic hydroxyl groups is 1. The predicted molar refractivity (Wildman–Crippen MR) is 57.4 cm³/mol. The van der Waals surface area contributed by atoms with E-state index in [1.807, 2.05) is 26.5 Å². The lowest BCUT2D eigenvalue weighted by Crippen LogP contribution is -2.23. The van der Waals surface area contributed by atoms with E-state index in [1.54, 1.807) is 4.68 Å². The number of nitrogens with zero attached hydrogens (tertiary/aromatic N) is 3. The van der Waals surface area contributed by atoms with Gasteiger partial charge in [-0.15, -0.1) is 0 Å². The Morgan fingerprint density at radius 2 is 2.33 bits per heavy atom. The Morgan fingerprint density at radius 1 is 1.53 bits per heavy atom. The molecule has 0 atom stereocenters. The van der Waals surface area contributed by atoms with Crippen LogP contribution >= 0.6 is 0 Å². The van der Waals surface area contributed by atoms with Crippen molar-refractivity contribution in [2.45, 2.75) is 6.54 Å². The number of aromatic nitrogens is 2. The van der Waals surface area contributed by atoms with Crippen molar-refractivity contribution in [3.8, 4) is 0 Å². The van der Waals surface area contributed by atoms with E-state index in [0.29, 0.717) is 13.2 Å². The molecule has 1 heterocycles. The van der Waals surface area contributed by atoms with Gasteiger partial charge in [0, 0.05) is 31.9 Å². The highest BCUT2D eigenvalue weighted by Gasteiger charge is 2.01. The van der Waals surface area contributed by atoms with E-state index >= 15 is 0 Å². The average Bonchev–Trinajstić information content (AvgIpc) is 2.59. The van der Waals surface area contributed by atoms with Crippen LogP contribution in [0.4, 0.5) is 0 Å². The van der Waals surface area contributed by atoms with Gasteiger partial charge in [-0.3, -0.25) is 9.58 Å². The van der Waals surface area contributed by atoms with Gasteiger partial charge in [0.05, 0.1) is 26.0 Å². The summed E-state index contributed by atoms with van der Waals surface area (Å²) in [6, 6.07) is 0. The van der Waals surface area contributed by atoms with Crippen molar-refractivity contribution >= 4 is 0 Å². The van der Waals surface area contributed by atoms with Crippen molar-refractivity contribution in [3.05, 3.63) is 18.0 Å². The first-order chi connectivity index (χ1) is 7.22. The van der Waals surface area contributed by atoms with Crippen LogP contribution in [0.2, 0.25) is 0 Å². The van der Waals surface area contributed by atoms with Gasteiger partial charge >= 0.3 is 0 Å². The molecule has 0 saturated carbocycles. The fourth-order valence-electron chi connectivity index (χ4n) is 1.33. The van der Waals surface area contributed by atoms with Crippen molar-refractivity contribution in [1.29, 1.82) is 0 Å². The molecule has 5 heteroatoms. The van der Waals surface area contributed by atoms with Gasteiger partial charge < -0.3 is 9.84 Å². The largest absolute Gasteiger partial charge is 0.394 e. The zero-order chi connectivity index (χ0) is 11.1. The second kappa shape index (κ2) is 6.55. The molecule has 0 aliphatic carbocycles. The van der Waals surface area contributed by atoms with Crippen molar-refractivity contribution < 1.29 is 9.84 Å². The summed E-state index contributed by atoms with van der Waals surface area (Å²) in [5, 5.41) is 12.6. The van der Waals surface area contributed by atoms with Crippen molar-refractivity contribution in [2.75, 3.05) is 33.4 Å². The first kappa shape index (κ1) is 12.2. The fourth-order valence-corrected chi connectivity index (χ4v) is 1.33. The Kier molecular flexibility index (Phi) is 5.31. The van der Waals surface area contributed by atoms with Gasteiger partial charge in [0.1, 0.15) is 0 Å². The first-order valence-electron chi connectivity index (χ1n) is 5.07. The molecule has 0 amide bonds. The maximum Gasteiger partial charge on any atom is 0.0698 e. The van der Waals surface area contributed by atoms with Gasteiger partial charge in [-0.2, -0.15) is 5.10 Å². The summed E-state index contributed by atoms with van der Waals surface area (Å²) in [7, 11) is 3.95. The summed E-state index contributed by atoms with van der Waals surface area (Å²) >= 11 is 0. The zero-order valence-electron chi connectivity index (χ0n) is 9.39. The minimum atomic E-state index is 0.0896. The molecule has 0 spiro atoms. The van der Waals surface area contributed by atoms with Crippen LogP contribution in [-0.2, 0) is 18.3 Å². The molecule has 0 radical (unpaired) electrons. The smallest absolute Gasteiger partial charge is 0.0698 e. The van der Waals surface area contributed by atoms with E-state index < -0.39 is 0 Å². The highest BCUT2D eigenvalue weighted by Crippen LogP contribution is 2.00. The lowest BCUT2D eigenvalue weighted by Gasteiger charge is -2.15. The molecule has 86 valence electrons. The van der Waals surface area contributed by atoms with Gasteiger partial charge in [0.25, 0.3) is 0 Å². The van der Waals surface area contributed by atoms with Crippen molar-refractivity contribution in [1.82, 2.24) is 14.7 Å². The van der Waals surface area contributed by atoms with Crippen LogP contribution in [0.15, 0.2) is 12.4 Å². The summed E-state index contributed by atoms with van der Waals surface area (Å²) in [5.41, 5.74) is 1.20. The van der Waals surface area contributed by atoms with E-state index in [2.05, 4.69) is 10.00 Å². The third-order valence-corrected chi connectivity index (χ3v) is 2.06. The molecule has 15 heavy (non-hydrogen) atoms. The fraction of sp³-hybridized carbons (Fsp3) is 0.700. The number of hydrogen-bond acceptors (Lipinski definition) is 4. The molecule has 1 rings (SSSR count). The molecular formula is C10H19N3O2. The number of hydrogen-bond donors (Lipinski definition) is 1. The highest BCUT2D eigenvalue weighted by atomic mass is 16.5. The molecule has 0 aromatic carbocycles. The number of likely N-dealkylation sites (N-methyl/N-ethyl adjacent to an activating group) is 1. The molecule has 1 N–H and O–H groups in total. The second-order valence-corrected chi connectivity index (χ2v) is 3.60. The molecule has 5 nitrogen and oxygen atoms in total. The Hall–Kier alpha value is -0.910. The van der Waals surface area contributed by atoms with Crippen molar-refractivity contribution in [2.24, 2.45) is 7.05 Å². The SMILES string of the molecule is CN(CCOCCO)Cc1cnn(C)c1. The van der Waals surface area contributed by atoms with Gasteiger partial charge in [0.2, 0.25) is 0 Å². The van der Waals surface area contributed by atoms with E-state index in [4.69, 9.17) is 9.84 Å². The van der Waals surface area contributed by atoms with Gasteiger partial charge in [-0.05, 0) is 7.05 Å². The van der Waals surface area contributed by atoms with E-state index in [-0.39, 0.29) is 6.61 Å². The number of aliphatic hydroxyl groups excluding tert-OH is 1. The maximum absolute atomic E-state index is 8.52. The predicted octanol–water partition coefficient (Wildman–Crippen LogP) is -0.139. The van der Waals surface area contributed by atoms with Crippen LogP contribution in [0, 0.1) is 0 Å². The molecule has 1 aromatic rings. The molecular weight excluding hydrogens is 194 g/mol. The van der Waals surface area contributed by atoms with Crippen LogP contribution in [0.1, 0.15) is 5.56 Å². The van der Waals surface area contributed by atoms with Crippen LogP contribution in [0.5, 0.6) is 0 Å². The van der Waals surface area contributed by atoms with Gasteiger partial charge in [0.15, 0.2) is 0 Å². The van der Waals surface area contributed by atoms with Crippen LogP contribution in [0.3, 0.4) is 0 Å². The lowest BCUT2D eigenvalue weighted by molar-refractivity contribution is 0.0773. The van der Waals surface area contributed by atoms with Crippen LogP contribution in [0.25, 0.3) is 0 Å². The second-order valence-electron chi connectivity index (χ2n) is 3.60. The number of rotatable bonds is 7. The number of aryl methyl sites for hydroxylation is 1. The topological polar surface area (TPSA) is 50.5 Å². The van der Waals surface area contributed by atoms with Crippen LogP contribution < -0.4 is 0 Å². The number of ether oxygens (including phenoxy) is 1. The quantitative estimate of drug-likeness (QED) is 0.641. The third-order valence-electron chi connectivity index (χ3n) is 2.06. The third kappa shape index (κ3) is 4.92. The Labute approximate surface area is 90.3 Å². The van der Waals surface area contributed by atoms with E-state index in [9.17, 15) is 0 Å². The lowest BCUT2D eigenvalue weighted by atomic mass is 10.3. The summed E-state index contributed by atoms with van der Waals surface area (Å²) < 4.78 is 6.98. The minimum absolute atomic E-state index is 0.0896. The summed E-state index contributed by atoms with van der Waals surface area (Å²) in [6.45, 7) is 2.88. The molecule has 1 aromatic heterocycles. The van der Waals surface area contributed by atoms with Crippen LogP contribution in [-0.4, -0.2) is 53.2 Å². The van der Waals surface area contributed by atoms with E-state index in [1.165, 1.54) is 5.56 Å². The van der Waals surface area contributed by atoms with E-state index in [0.717, 1.165) is 13.1 Å². The summed E-state index contributed by atoms with van der Waals surface area (Å²) in [6.07, 6.45) is 3.87. The highest BCUT2D eigenvalue weighted by molar-refractivity contribution is 5.02. The average molecular weight is 213 g/mol. The van der Waals surface area contributed by atoms with Gasteiger partial charge in [-0.1, -0.05) is 0 Å². The Balaban J connectivity index is 2.15. The minimum Gasteiger partial charge on any atom is -0.394 e. The molecule has 0 aliphatic rings. The zero-order valence-corrected chi connectivity index (χ0v) is 9.39. The molecule has 0 fully saturated rings. The Bertz CT molecular complexity index is 275. The Morgan fingerprint density at radius 3 is 2.93 bits per heavy atom. The monoisotopic (exact) mass is 213 g/mol. The summed E-state index contributed by atoms with van der Waals surface area (Å²) in [5.74, 6) is 0.